The van der Waals surface area contributed by atoms with Gasteiger partial charge in [-0.05, 0) is 43.6 Å². The van der Waals surface area contributed by atoms with Crippen LogP contribution in [0.1, 0.15) is 24.8 Å². The van der Waals surface area contributed by atoms with Gasteiger partial charge in [-0.3, -0.25) is 4.90 Å². The molecule has 0 saturated carbocycles. The largest absolute Gasteiger partial charge is 0.298 e. The minimum absolute atomic E-state index is 0.107. The first-order valence-corrected chi connectivity index (χ1v) is 9.12. The third kappa shape index (κ3) is 3.44. The average Bonchev–Trinajstić information content (AvgIpc) is 2.78. The van der Waals surface area contributed by atoms with E-state index >= 15 is 0 Å². The minimum Gasteiger partial charge on any atom is -0.298 e. The fraction of sp³-hybridized carbons (Fsp3) is 0.600. The van der Waals surface area contributed by atoms with E-state index in [1.165, 1.54) is 18.6 Å². The highest BCUT2D eigenvalue weighted by atomic mass is 32.2. The summed E-state index contributed by atoms with van der Waals surface area (Å²) in [7, 11) is -3.20. The standard InChI is InChI=1S/C15H21FN2O2S/c16-14-6-4-13(5-7-14)10-18-11-15(12-21(18,19)20)17-8-2-1-3-9-17/h4-7,15H,1-3,8-12H2. The van der Waals surface area contributed by atoms with Crippen molar-refractivity contribution in [2.45, 2.75) is 31.8 Å². The molecule has 3 rings (SSSR count). The molecule has 0 radical (unpaired) electrons. The number of piperidine rings is 1. The predicted molar refractivity (Wildman–Crippen MR) is 79.8 cm³/mol. The molecule has 1 atom stereocenters. The van der Waals surface area contributed by atoms with Gasteiger partial charge in [0.1, 0.15) is 5.82 Å². The van der Waals surface area contributed by atoms with E-state index in [1.807, 2.05) is 0 Å². The highest BCUT2D eigenvalue weighted by molar-refractivity contribution is 7.89. The molecule has 2 saturated heterocycles. The molecule has 2 heterocycles. The van der Waals surface area contributed by atoms with Crippen LogP contribution < -0.4 is 0 Å². The molecule has 0 spiro atoms. The quantitative estimate of drug-likeness (QED) is 0.855. The molecule has 0 aliphatic carbocycles. The van der Waals surface area contributed by atoms with Crippen LogP contribution in [-0.2, 0) is 16.6 Å². The zero-order valence-electron chi connectivity index (χ0n) is 12.0. The van der Waals surface area contributed by atoms with E-state index < -0.39 is 10.0 Å². The van der Waals surface area contributed by atoms with Crippen LogP contribution in [0.2, 0.25) is 0 Å². The summed E-state index contributed by atoms with van der Waals surface area (Å²) in [6.07, 6.45) is 3.57. The number of hydrogen-bond donors (Lipinski definition) is 0. The van der Waals surface area contributed by atoms with Gasteiger partial charge in [-0.25, -0.2) is 12.8 Å². The molecule has 0 amide bonds. The van der Waals surface area contributed by atoms with Gasteiger partial charge in [-0.1, -0.05) is 18.6 Å². The SMILES string of the molecule is O=S1(=O)CC(N2CCCCC2)CN1Cc1ccc(F)cc1. The van der Waals surface area contributed by atoms with Gasteiger partial charge in [0.25, 0.3) is 0 Å². The van der Waals surface area contributed by atoms with Crippen molar-refractivity contribution in [1.82, 2.24) is 9.21 Å². The third-order valence-corrected chi connectivity index (χ3v) is 6.26. The molecule has 6 heteroatoms. The van der Waals surface area contributed by atoms with Crippen molar-refractivity contribution in [2.24, 2.45) is 0 Å². The van der Waals surface area contributed by atoms with E-state index in [4.69, 9.17) is 0 Å². The van der Waals surface area contributed by atoms with Gasteiger partial charge in [-0.15, -0.1) is 0 Å². The van der Waals surface area contributed by atoms with Crippen molar-refractivity contribution in [2.75, 3.05) is 25.4 Å². The molecular formula is C15H21FN2O2S. The summed E-state index contributed by atoms with van der Waals surface area (Å²) in [5.41, 5.74) is 0.833. The fourth-order valence-corrected chi connectivity index (χ4v) is 4.97. The Labute approximate surface area is 125 Å². The third-order valence-electron chi connectivity index (χ3n) is 4.39. The summed E-state index contributed by atoms with van der Waals surface area (Å²) in [6.45, 7) is 2.90. The number of nitrogens with zero attached hydrogens (tertiary/aromatic N) is 2. The number of hydrogen-bond acceptors (Lipinski definition) is 3. The zero-order chi connectivity index (χ0) is 14.9. The van der Waals surface area contributed by atoms with Gasteiger partial charge in [0.05, 0.1) is 5.75 Å². The van der Waals surface area contributed by atoms with Crippen LogP contribution >= 0.6 is 0 Å². The maximum Gasteiger partial charge on any atom is 0.216 e. The second kappa shape index (κ2) is 6.02. The maximum absolute atomic E-state index is 12.9. The van der Waals surface area contributed by atoms with Crippen LogP contribution in [0.5, 0.6) is 0 Å². The molecule has 21 heavy (non-hydrogen) atoms. The van der Waals surface area contributed by atoms with E-state index in [2.05, 4.69) is 4.90 Å². The number of likely N-dealkylation sites (tertiary alicyclic amines) is 1. The lowest BCUT2D eigenvalue weighted by atomic mass is 10.1. The van der Waals surface area contributed by atoms with Crippen LogP contribution in [0, 0.1) is 5.82 Å². The Morgan fingerprint density at radius 1 is 1.10 bits per heavy atom. The molecule has 0 N–H and O–H groups in total. The van der Waals surface area contributed by atoms with E-state index in [1.54, 1.807) is 16.4 Å². The number of rotatable bonds is 3. The van der Waals surface area contributed by atoms with Crippen molar-refractivity contribution >= 4 is 10.0 Å². The normalized spacial score (nSPS) is 27.0. The smallest absolute Gasteiger partial charge is 0.216 e. The van der Waals surface area contributed by atoms with Crippen molar-refractivity contribution in [3.05, 3.63) is 35.6 Å². The van der Waals surface area contributed by atoms with E-state index in [0.29, 0.717) is 13.1 Å². The topological polar surface area (TPSA) is 40.6 Å². The summed E-state index contributed by atoms with van der Waals surface area (Å²) in [5.74, 6) is -0.0806. The van der Waals surface area contributed by atoms with Crippen LogP contribution in [0.15, 0.2) is 24.3 Å². The molecule has 2 fully saturated rings. The first-order chi connectivity index (χ1) is 10.0. The average molecular weight is 312 g/mol. The van der Waals surface area contributed by atoms with Gasteiger partial charge < -0.3 is 0 Å². The summed E-state index contributed by atoms with van der Waals surface area (Å²) >= 11 is 0. The van der Waals surface area contributed by atoms with Gasteiger partial charge in [0.2, 0.25) is 10.0 Å². The molecule has 2 aliphatic heterocycles. The van der Waals surface area contributed by atoms with E-state index in [9.17, 15) is 12.8 Å². The first kappa shape index (κ1) is 14.9. The van der Waals surface area contributed by atoms with Gasteiger partial charge in [-0.2, -0.15) is 4.31 Å². The Kier molecular flexibility index (Phi) is 4.28. The first-order valence-electron chi connectivity index (χ1n) is 7.51. The van der Waals surface area contributed by atoms with Gasteiger partial charge in [0.15, 0.2) is 0 Å². The van der Waals surface area contributed by atoms with Crippen molar-refractivity contribution in [3.8, 4) is 0 Å². The number of benzene rings is 1. The molecule has 1 aromatic rings. The number of sulfonamides is 1. The van der Waals surface area contributed by atoms with Crippen LogP contribution in [0.4, 0.5) is 4.39 Å². The molecular weight excluding hydrogens is 291 g/mol. The Bertz CT molecular complexity index is 582. The molecule has 0 bridgehead atoms. The summed E-state index contributed by atoms with van der Waals surface area (Å²) < 4.78 is 39.1. The Morgan fingerprint density at radius 2 is 1.76 bits per heavy atom. The monoisotopic (exact) mass is 312 g/mol. The molecule has 1 aromatic carbocycles. The van der Waals surface area contributed by atoms with Crippen molar-refractivity contribution in [1.29, 1.82) is 0 Å². The second-order valence-electron chi connectivity index (χ2n) is 5.95. The molecule has 1 unspecified atom stereocenters. The lowest BCUT2D eigenvalue weighted by Crippen LogP contribution is -2.42. The molecule has 2 aliphatic rings. The Hall–Kier alpha value is -0.980. The van der Waals surface area contributed by atoms with E-state index in [-0.39, 0.29) is 17.6 Å². The highest BCUT2D eigenvalue weighted by Crippen LogP contribution is 2.23. The van der Waals surface area contributed by atoms with E-state index in [0.717, 1.165) is 31.5 Å². The van der Waals surface area contributed by atoms with Crippen LogP contribution in [-0.4, -0.2) is 49.1 Å². The summed E-state index contributed by atoms with van der Waals surface area (Å²) in [6, 6.07) is 6.16. The van der Waals surface area contributed by atoms with Gasteiger partial charge >= 0.3 is 0 Å². The van der Waals surface area contributed by atoms with Gasteiger partial charge in [0, 0.05) is 19.1 Å². The summed E-state index contributed by atoms with van der Waals surface area (Å²) in [5, 5.41) is 0. The molecule has 0 aromatic heterocycles. The maximum atomic E-state index is 12.9. The van der Waals surface area contributed by atoms with Crippen LogP contribution in [0.25, 0.3) is 0 Å². The Morgan fingerprint density at radius 3 is 2.43 bits per heavy atom. The lowest BCUT2D eigenvalue weighted by molar-refractivity contribution is 0.168. The minimum atomic E-state index is -3.20. The molecule has 116 valence electrons. The fourth-order valence-electron chi connectivity index (χ4n) is 3.21. The highest BCUT2D eigenvalue weighted by Gasteiger charge is 2.39. The number of halogens is 1. The Balaban J connectivity index is 1.69. The zero-order valence-corrected chi connectivity index (χ0v) is 12.9. The van der Waals surface area contributed by atoms with Crippen molar-refractivity contribution in [3.63, 3.8) is 0 Å². The summed E-state index contributed by atoms with van der Waals surface area (Å²) in [4.78, 5) is 2.31. The van der Waals surface area contributed by atoms with Crippen LogP contribution in [0.3, 0.4) is 0 Å². The molecule has 4 nitrogen and oxygen atoms in total. The van der Waals surface area contributed by atoms with Crippen molar-refractivity contribution < 1.29 is 12.8 Å². The second-order valence-corrected chi connectivity index (χ2v) is 7.96. The lowest BCUT2D eigenvalue weighted by Gasteiger charge is -2.31. The predicted octanol–water partition coefficient (Wildman–Crippen LogP) is 1.83.